The molecule has 0 atom stereocenters. The molecule has 0 spiro atoms. The first-order valence-corrected chi connectivity index (χ1v) is 8.52. The summed E-state index contributed by atoms with van der Waals surface area (Å²) >= 11 is 1.35. The summed E-state index contributed by atoms with van der Waals surface area (Å²) in [6.45, 7) is 1.76. The Morgan fingerprint density at radius 2 is 1.84 bits per heavy atom. The highest BCUT2D eigenvalue weighted by atomic mass is 32.1. The maximum atomic E-state index is 12.8. The highest BCUT2D eigenvalue weighted by Crippen LogP contribution is 2.30. The van der Waals surface area contributed by atoms with E-state index in [1.54, 1.807) is 12.1 Å². The number of esters is 1. The lowest BCUT2D eigenvalue weighted by atomic mass is 10.1. The summed E-state index contributed by atoms with van der Waals surface area (Å²) in [5.41, 5.74) is 1.62. The average molecular weight is 357 g/mol. The van der Waals surface area contributed by atoms with Gasteiger partial charge in [-0.2, -0.15) is 0 Å². The molecule has 128 valence electrons. The number of rotatable bonds is 5. The van der Waals surface area contributed by atoms with E-state index in [9.17, 15) is 14.0 Å². The van der Waals surface area contributed by atoms with Crippen LogP contribution in [0.4, 0.5) is 4.39 Å². The van der Waals surface area contributed by atoms with Crippen molar-refractivity contribution in [2.75, 3.05) is 6.61 Å². The predicted octanol–water partition coefficient (Wildman–Crippen LogP) is 3.82. The van der Waals surface area contributed by atoms with Gasteiger partial charge in [-0.1, -0.05) is 30.3 Å². The van der Waals surface area contributed by atoms with Crippen molar-refractivity contribution in [3.05, 3.63) is 70.4 Å². The van der Waals surface area contributed by atoms with Crippen LogP contribution in [0.5, 0.6) is 0 Å². The highest BCUT2D eigenvalue weighted by molar-refractivity contribution is 7.21. The van der Waals surface area contributed by atoms with Crippen molar-refractivity contribution >= 4 is 33.3 Å². The molecule has 1 heterocycles. The fraction of sp³-hybridized carbons (Fsp3) is 0.158. The summed E-state index contributed by atoms with van der Waals surface area (Å²) in [4.78, 5) is 24.5. The molecule has 1 aromatic heterocycles. The van der Waals surface area contributed by atoms with Gasteiger partial charge in [0.15, 0.2) is 6.61 Å². The number of thiophene rings is 1. The van der Waals surface area contributed by atoms with Gasteiger partial charge in [0.25, 0.3) is 5.91 Å². The van der Waals surface area contributed by atoms with Crippen LogP contribution in [-0.2, 0) is 16.1 Å². The largest absolute Gasteiger partial charge is 0.451 e. The molecule has 0 bridgehead atoms. The molecule has 4 nitrogen and oxygen atoms in total. The van der Waals surface area contributed by atoms with E-state index < -0.39 is 11.9 Å². The predicted molar refractivity (Wildman–Crippen MR) is 95.1 cm³/mol. The topological polar surface area (TPSA) is 55.4 Å². The molecule has 2 aromatic carbocycles. The van der Waals surface area contributed by atoms with Crippen molar-refractivity contribution in [2.24, 2.45) is 0 Å². The first-order chi connectivity index (χ1) is 12.0. The Bertz CT molecular complexity index is 918. The average Bonchev–Trinajstić information content (AvgIpc) is 2.96. The molecule has 0 saturated heterocycles. The lowest BCUT2D eigenvalue weighted by Crippen LogP contribution is -2.28. The summed E-state index contributed by atoms with van der Waals surface area (Å²) in [6.07, 6.45) is 0. The SMILES string of the molecule is Cc1c(C(=O)OCC(=O)NCc2ccc(F)cc2)sc2ccccc12. The van der Waals surface area contributed by atoms with Crippen LogP contribution in [0, 0.1) is 12.7 Å². The van der Waals surface area contributed by atoms with E-state index in [1.807, 2.05) is 31.2 Å². The Morgan fingerprint density at radius 1 is 1.12 bits per heavy atom. The Kier molecular flexibility index (Phi) is 5.09. The molecule has 1 amide bonds. The van der Waals surface area contributed by atoms with E-state index in [4.69, 9.17) is 4.74 Å². The van der Waals surface area contributed by atoms with Gasteiger partial charge in [-0.05, 0) is 41.6 Å². The Balaban J connectivity index is 1.55. The first-order valence-electron chi connectivity index (χ1n) is 7.71. The summed E-state index contributed by atoms with van der Waals surface area (Å²) in [5.74, 6) is -1.24. The summed E-state index contributed by atoms with van der Waals surface area (Å²) in [6, 6.07) is 13.5. The van der Waals surface area contributed by atoms with E-state index >= 15 is 0 Å². The van der Waals surface area contributed by atoms with E-state index in [1.165, 1.54) is 23.5 Å². The molecule has 0 fully saturated rings. The zero-order valence-electron chi connectivity index (χ0n) is 13.5. The number of carbonyl (C=O) groups is 2. The molecule has 6 heteroatoms. The molecule has 0 aliphatic heterocycles. The minimum absolute atomic E-state index is 0.249. The van der Waals surface area contributed by atoms with Crippen molar-refractivity contribution in [2.45, 2.75) is 13.5 Å². The maximum absolute atomic E-state index is 12.8. The van der Waals surface area contributed by atoms with Gasteiger partial charge in [-0.25, -0.2) is 9.18 Å². The molecule has 0 radical (unpaired) electrons. The van der Waals surface area contributed by atoms with E-state index in [2.05, 4.69) is 5.32 Å². The molecule has 0 aliphatic carbocycles. The van der Waals surface area contributed by atoms with Gasteiger partial charge < -0.3 is 10.1 Å². The minimum atomic E-state index is -0.504. The van der Waals surface area contributed by atoms with Crippen LogP contribution >= 0.6 is 11.3 Å². The fourth-order valence-electron chi connectivity index (χ4n) is 2.42. The third-order valence-corrected chi connectivity index (χ3v) is 5.02. The van der Waals surface area contributed by atoms with Crippen LogP contribution in [0.15, 0.2) is 48.5 Å². The lowest BCUT2D eigenvalue weighted by Gasteiger charge is -2.06. The number of halogens is 1. The second kappa shape index (κ2) is 7.44. The van der Waals surface area contributed by atoms with Crippen LogP contribution in [-0.4, -0.2) is 18.5 Å². The molecule has 3 rings (SSSR count). The van der Waals surface area contributed by atoms with Crippen LogP contribution < -0.4 is 5.32 Å². The number of ether oxygens (including phenoxy) is 1. The second-order valence-electron chi connectivity index (χ2n) is 5.53. The summed E-state index contributed by atoms with van der Waals surface area (Å²) < 4.78 is 18.9. The van der Waals surface area contributed by atoms with Gasteiger partial charge in [-0.15, -0.1) is 11.3 Å². The molecule has 1 N–H and O–H groups in total. The number of amides is 1. The lowest BCUT2D eigenvalue weighted by molar-refractivity contribution is -0.124. The van der Waals surface area contributed by atoms with Crippen molar-refractivity contribution in [3.8, 4) is 0 Å². The Labute approximate surface area is 148 Å². The second-order valence-corrected chi connectivity index (χ2v) is 6.58. The number of aryl methyl sites for hydroxylation is 1. The van der Waals surface area contributed by atoms with Crippen LogP contribution in [0.2, 0.25) is 0 Å². The standard InChI is InChI=1S/C19H16FNO3S/c1-12-15-4-2-3-5-16(15)25-18(12)19(23)24-11-17(22)21-10-13-6-8-14(20)9-7-13/h2-9H,10-11H2,1H3,(H,21,22). The van der Waals surface area contributed by atoms with Crippen molar-refractivity contribution in [1.82, 2.24) is 5.32 Å². The molecular formula is C19H16FNO3S. The van der Waals surface area contributed by atoms with Gasteiger partial charge in [0, 0.05) is 11.2 Å². The Morgan fingerprint density at radius 3 is 2.56 bits per heavy atom. The number of benzene rings is 2. The smallest absolute Gasteiger partial charge is 0.349 e. The molecule has 0 aliphatic rings. The third-order valence-electron chi connectivity index (χ3n) is 3.77. The monoisotopic (exact) mass is 357 g/mol. The van der Waals surface area contributed by atoms with Gasteiger partial charge in [0.2, 0.25) is 0 Å². The van der Waals surface area contributed by atoms with Gasteiger partial charge in [-0.3, -0.25) is 4.79 Å². The van der Waals surface area contributed by atoms with Crippen molar-refractivity contribution in [1.29, 1.82) is 0 Å². The van der Waals surface area contributed by atoms with Gasteiger partial charge in [0.1, 0.15) is 10.7 Å². The number of fused-ring (bicyclic) bond motifs is 1. The highest BCUT2D eigenvalue weighted by Gasteiger charge is 2.17. The third kappa shape index (κ3) is 4.03. The molecule has 0 unspecified atom stereocenters. The maximum Gasteiger partial charge on any atom is 0.349 e. The van der Waals surface area contributed by atoms with Crippen molar-refractivity contribution in [3.63, 3.8) is 0 Å². The minimum Gasteiger partial charge on any atom is -0.451 e. The zero-order chi connectivity index (χ0) is 17.8. The van der Waals surface area contributed by atoms with E-state index in [-0.39, 0.29) is 19.0 Å². The molecule has 3 aromatic rings. The summed E-state index contributed by atoms with van der Waals surface area (Å²) in [7, 11) is 0. The molecule has 25 heavy (non-hydrogen) atoms. The first kappa shape index (κ1) is 17.1. The number of carbonyl (C=O) groups excluding carboxylic acids is 2. The number of nitrogens with one attached hydrogen (secondary N) is 1. The van der Waals surface area contributed by atoms with Crippen LogP contribution in [0.3, 0.4) is 0 Å². The normalized spacial score (nSPS) is 10.6. The Hall–Kier alpha value is -2.73. The van der Waals surface area contributed by atoms with Crippen LogP contribution in [0.1, 0.15) is 20.8 Å². The van der Waals surface area contributed by atoms with Gasteiger partial charge in [0.05, 0.1) is 0 Å². The molecule has 0 saturated carbocycles. The van der Waals surface area contributed by atoms with E-state index in [0.717, 1.165) is 21.2 Å². The van der Waals surface area contributed by atoms with Gasteiger partial charge >= 0.3 is 5.97 Å². The number of hydrogen-bond acceptors (Lipinski definition) is 4. The molecular weight excluding hydrogens is 341 g/mol. The van der Waals surface area contributed by atoms with Crippen molar-refractivity contribution < 1.29 is 18.7 Å². The summed E-state index contributed by atoms with van der Waals surface area (Å²) in [5, 5.41) is 3.65. The fourth-order valence-corrected chi connectivity index (χ4v) is 3.52. The number of hydrogen-bond donors (Lipinski definition) is 1. The van der Waals surface area contributed by atoms with Crippen LogP contribution in [0.25, 0.3) is 10.1 Å². The zero-order valence-corrected chi connectivity index (χ0v) is 14.4. The quantitative estimate of drug-likeness (QED) is 0.706. The van der Waals surface area contributed by atoms with E-state index in [0.29, 0.717) is 4.88 Å².